The fourth-order valence-electron chi connectivity index (χ4n) is 5.31. The maximum Gasteiger partial charge on any atom is 0.114 e. The lowest BCUT2D eigenvalue weighted by Gasteiger charge is -2.11. The van der Waals surface area contributed by atoms with E-state index in [4.69, 9.17) is 4.98 Å². The van der Waals surface area contributed by atoms with E-state index in [-0.39, 0.29) is 0 Å². The van der Waals surface area contributed by atoms with Crippen LogP contribution in [0.15, 0.2) is 48.5 Å². The second-order valence-electron chi connectivity index (χ2n) is 10.6. The van der Waals surface area contributed by atoms with Crippen molar-refractivity contribution in [1.29, 1.82) is 0 Å². The molecule has 0 spiro atoms. The number of aromatic nitrogens is 2. The molecule has 3 aromatic rings. The summed E-state index contributed by atoms with van der Waals surface area (Å²) in [6, 6.07) is 17.4. The number of hydrogen-bond donors (Lipinski definition) is 0. The van der Waals surface area contributed by atoms with Gasteiger partial charge in [-0.1, -0.05) is 140 Å². The molecule has 35 heavy (non-hydrogen) atoms. The predicted molar refractivity (Wildman–Crippen MR) is 153 cm³/mol. The standard InChI is InChI=1S/C33H50N2/c1-3-4-5-6-7-8-9-10-11-12-13-14-15-16-17-22-27-35-32-26-21-20-25-31(32)34-33(35)28-30-24-19-18-23-29(30)2/h18-21,23-26H,3-17,22,27-28H2,1-2H3. The number of hydrogen-bond acceptors (Lipinski definition) is 1. The van der Waals surface area contributed by atoms with Gasteiger partial charge >= 0.3 is 0 Å². The SMILES string of the molecule is CCCCCCCCCCCCCCCCCCn1c(Cc2ccccc2C)nc2ccccc21. The predicted octanol–water partition coefficient (Wildman–Crippen LogP) is 10.2. The zero-order valence-electron chi connectivity index (χ0n) is 22.7. The van der Waals surface area contributed by atoms with Crippen molar-refractivity contribution in [3.63, 3.8) is 0 Å². The molecular weight excluding hydrogens is 424 g/mol. The van der Waals surface area contributed by atoms with E-state index in [1.165, 1.54) is 125 Å². The van der Waals surface area contributed by atoms with Gasteiger partial charge in [0, 0.05) is 13.0 Å². The van der Waals surface area contributed by atoms with E-state index in [1.807, 2.05) is 0 Å². The molecule has 0 saturated heterocycles. The molecule has 0 N–H and O–H groups in total. The monoisotopic (exact) mass is 474 g/mol. The van der Waals surface area contributed by atoms with Gasteiger partial charge in [-0.15, -0.1) is 0 Å². The third-order valence-electron chi connectivity index (χ3n) is 7.58. The van der Waals surface area contributed by atoms with E-state index in [9.17, 15) is 0 Å². The van der Waals surface area contributed by atoms with Crippen LogP contribution in [-0.2, 0) is 13.0 Å². The third kappa shape index (κ3) is 9.82. The van der Waals surface area contributed by atoms with Gasteiger partial charge in [-0.2, -0.15) is 0 Å². The fraction of sp³-hybridized carbons (Fsp3) is 0.606. The topological polar surface area (TPSA) is 17.8 Å². The molecule has 192 valence electrons. The van der Waals surface area contributed by atoms with Crippen LogP contribution in [0.5, 0.6) is 0 Å². The number of benzene rings is 2. The van der Waals surface area contributed by atoms with Gasteiger partial charge in [-0.3, -0.25) is 0 Å². The van der Waals surface area contributed by atoms with E-state index >= 15 is 0 Å². The van der Waals surface area contributed by atoms with Gasteiger partial charge in [-0.05, 0) is 36.6 Å². The van der Waals surface area contributed by atoms with Crippen molar-refractivity contribution < 1.29 is 0 Å². The molecule has 0 radical (unpaired) electrons. The normalized spacial score (nSPS) is 11.5. The summed E-state index contributed by atoms with van der Waals surface area (Å²) in [5.74, 6) is 1.21. The molecule has 2 nitrogen and oxygen atoms in total. The third-order valence-corrected chi connectivity index (χ3v) is 7.58. The van der Waals surface area contributed by atoms with Crippen LogP contribution >= 0.6 is 0 Å². The quantitative estimate of drug-likeness (QED) is 0.158. The minimum atomic E-state index is 0.917. The number of rotatable bonds is 19. The number of nitrogens with zero attached hydrogens (tertiary/aromatic N) is 2. The lowest BCUT2D eigenvalue weighted by Crippen LogP contribution is -2.06. The molecule has 0 aliphatic rings. The van der Waals surface area contributed by atoms with Crippen molar-refractivity contribution in [3.8, 4) is 0 Å². The molecule has 0 aliphatic heterocycles. The first-order chi connectivity index (χ1) is 17.3. The lowest BCUT2D eigenvalue weighted by atomic mass is 10.0. The van der Waals surface area contributed by atoms with Crippen LogP contribution in [0.3, 0.4) is 0 Å². The van der Waals surface area contributed by atoms with Crippen LogP contribution in [0.4, 0.5) is 0 Å². The zero-order valence-corrected chi connectivity index (χ0v) is 22.7. The van der Waals surface area contributed by atoms with Crippen LogP contribution in [0.25, 0.3) is 11.0 Å². The first-order valence-corrected chi connectivity index (χ1v) is 14.8. The van der Waals surface area contributed by atoms with E-state index in [0.717, 1.165) is 18.5 Å². The number of aryl methyl sites for hydroxylation is 2. The highest BCUT2D eigenvalue weighted by molar-refractivity contribution is 5.76. The summed E-state index contributed by atoms with van der Waals surface area (Å²) in [5, 5.41) is 0. The molecular formula is C33H50N2. The molecule has 1 aromatic heterocycles. The number of imidazole rings is 1. The second-order valence-corrected chi connectivity index (χ2v) is 10.6. The maximum atomic E-state index is 5.00. The van der Waals surface area contributed by atoms with Gasteiger partial charge in [0.1, 0.15) is 5.82 Å². The van der Waals surface area contributed by atoms with Gasteiger partial charge < -0.3 is 4.57 Å². The lowest BCUT2D eigenvalue weighted by molar-refractivity contribution is 0.520. The Morgan fingerprint density at radius 3 is 1.71 bits per heavy atom. The van der Waals surface area contributed by atoms with Gasteiger partial charge in [0.15, 0.2) is 0 Å². The Hall–Kier alpha value is -2.09. The maximum absolute atomic E-state index is 5.00. The molecule has 0 atom stereocenters. The number of unbranched alkanes of at least 4 members (excludes halogenated alkanes) is 15. The van der Waals surface area contributed by atoms with Crippen LogP contribution in [-0.4, -0.2) is 9.55 Å². The Morgan fingerprint density at radius 2 is 1.11 bits per heavy atom. The fourth-order valence-corrected chi connectivity index (χ4v) is 5.31. The Morgan fingerprint density at radius 1 is 0.600 bits per heavy atom. The largest absolute Gasteiger partial charge is 0.328 e. The molecule has 0 aliphatic carbocycles. The molecule has 0 saturated carbocycles. The molecule has 3 rings (SSSR count). The summed E-state index contributed by atoms with van der Waals surface area (Å²) in [4.78, 5) is 5.00. The summed E-state index contributed by atoms with van der Waals surface area (Å²) < 4.78 is 2.48. The van der Waals surface area contributed by atoms with E-state index in [2.05, 4.69) is 66.9 Å². The zero-order chi connectivity index (χ0) is 24.6. The van der Waals surface area contributed by atoms with Gasteiger partial charge in [0.2, 0.25) is 0 Å². The number of fused-ring (bicyclic) bond motifs is 1. The summed E-state index contributed by atoms with van der Waals surface area (Å²) in [6.07, 6.45) is 23.5. The minimum absolute atomic E-state index is 0.917. The summed E-state index contributed by atoms with van der Waals surface area (Å²) >= 11 is 0. The number of para-hydroxylation sites is 2. The molecule has 2 aromatic carbocycles. The van der Waals surface area contributed by atoms with E-state index in [0.29, 0.717) is 0 Å². The minimum Gasteiger partial charge on any atom is -0.328 e. The molecule has 0 fully saturated rings. The summed E-state index contributed by atoms with van der Waals surface area (Å²) in [7, 11) is 0. The van der Waals surface area contributed by atoms with Crippen molar-refractivity contribution in [3.05, 3.63) is 65.5 Å². The van der Waals surface area contributed by atoms with Crippen molar-refractivity contribution in [2.24, 2.45) is 0 Å². The molecule has 0 amide bonds. The van der Waals surface area contributed by atoms with Crippen LogP contribution in [0, 0.1) is 6.92 Å². The molecule has 0 unspecified atom stereocenters. The average molecular weight is 475 g/mol. The van der Waals surface area contributed by atoms with Crippen LogP contribution in [0.2, 0.25) is 0 Å². The highest BCUT2D eigenvalue weighted by atomic mass is 15.1. The Bertz CT molecular complexity index is 955. The van der Waals surface area contributed by atoms with Gasteiger partial charge in [0.25, 0.3) is 0 Å². The highest BCUT2D eigenvalue weighted by Gasteiger charge is 2.11. The highest BCUT2D eigenvalue weighted by Crippen LogP contribution is 2.21. The van der Waals surface area contributed by atoms with Gasteiger partial charge in [0.05, 0.1) is 11.0 Å². The van der Waals surface area contributed by atoms with Crippen molar-refractivity contribution in [1.82, 2.24) is 9.55 Å². The second kappa shape index (κ2) is 16.6. The van der Waals surface area contributed by atoms with Crippen LogP contribution < -0.4 is 0 Å². The molecule has 0 bridgehead atoms. The van der Waals surface area contributed by atoms with Gasteiger partial charge in [-0.25, -0.2) is 4.98 Å². The molecule has 1 heterocycles. The Kier molecular flexibility index (Phi) is 13.0. The Labute approximate surface area is 215 Å². The van der Waals surface area contributed by atoms with Crippen molar-refractivity contribution in [2.45, 2.75) is 130 Å². The van der Waals surface area contributed by atoms with Crippen molar-refractivity contribution in [2.75, 3.05) is 0 Å². The summed E-state index contributed by atoms with van der Waals surface area (Å²) in [5.41, 5.74) is 5.16. The van der Waals surface area contributed by atoms with Crippen molar-refractivity contribution >= 4 is 11.0 Å². The first-order valence-electron chi connectivity index (χ1n) is 14.8. The average Bonchev–Trinajstić information content (AvgIpc) is 3.22. The van der Waals surface area contributed by atoms with E-state index in [1.54, 1.807) is 0 Å². The Balaban J connectivity index is 1.29. The molecule has 2 heteroatoms. The smallest absolute Gasteiger partial charge is 0.114 e. The van der Waals surface area contributed by atoms with Crippen LogP contribution in [0.1, 0.15) is 127 Å². The first kappa shape index (κ1) is 27.5. The summed E-state index contributed by atoms with van der Waals surface area (Å²) in [6.45, 7) is 5.59. The van der Waals surface area contributed by atoms with E-state index < -0.39 is 0 Å².